The van der Waals surface area contributed by atoms with E-state index in [4.69, 9.17) is 5.21 Å². The molecule has 3 heteroatoms. The molecule has 1 rings (SSSR count). The zero-order chi connectivity index (χ0) is 8.97. The molecule has 0 saturated heterocycles. The van der Waals surface area contributed by atoms with Gasteiger partial charge in [0.1, 0.15) is 0 Å². The summed E-state index contributed by atoms with van der Waals surface area (Å²) in [6, 6.07) is 7.94. The Morgan fingerprint density at radius 2 is 2.33 bits per heavy atom. The van der Waals surface area contributed by atoms with Crippen LogP contribution in [0, 0.1) is 0 Å². The van der Waals surface area contributed by atoms with Gasteiger partial charge in [0.2, 0.25) is 0 Å². The predicted molar refractivity (Wildman–Crippen MR) is 52.1 cm³/mol. The Balaban J connectivity index is 2.85. The van der Waals surface area contributed by atoms with Gasteiger partial charge in [-0.05, 0) is 24.1 Å². The highest BCUT2D eigenvalue weighted by molar-refractivity contribution is 9.10. The smallest absolute Gasteiger partial charge is 0.0566 e. The highest BCUT2D eigenvalue weighted by atomic mass is 79.9. The number of hydrogen-bond donors (Lipinski definition) is 2. The van der Waals surface area contributed by atoms with Gasteiger partial charge in [-0.25, -0.2) is 0 Å². The van der Waals surface area contributed by atoms with Gasteiger partial charge in [0, 0.05) is 4.47 Å². The van der Waals surface area contributed by atoms with Crippen LogP contribution in [0.5, 0.6) is 0 Å². The standard InChI is InChI=1S/C9H12BrNO/c1-2-9(11-12)7-4-3-5-8(10)6-7/h3-6,9,11-12H,2H2,1H3/t9-/m0/s1. The van der Waals surface area contributed by atoms with Crippen molar-refractivity contribution in [3.8, 4) is 0 Å². The fourth-order valence-electron chi connectivity index (χ4n) is 1.12. The SMILES string of the molecule is CC[C@H](NO)c1cccc(Br)c1. The summed E-state index contributed by atoms with van der Waals surface area (Å²) in [5.41, 5.74) is 3.37. The van der Waals surface area contributed by atoms with Gasteiger partial charge in [-0.3, -0.25) is 0 Å². The monoisotopic (exact) mass is 229 g/mol. The average molecular weight is 230 g/mol. The van der Waals surface area contributed by atoms with Gasteiger partial charge < -0.3 is 5.21 Å². The van der Waals surface area contributed by atoms with Gasteiger partial charge in [-0.2, -0.15) is 5.48 Å². The van der Waals surface area contributed by atoms with Crippen molar-refractivity contribution in [2.45, 2.75) is 19.4 Å². The highest BCUT2D eigenvalue weighted by Gasteiger charge is 2.06. The second-order valence-electron chi connectivity index (χ2n) is 2.64. The summed E-state index contributed by atoms with van der Waals surface area (Å²) in [5, 5.41) is 8.81. The molecular weight excluding hydrogens is 218 g/mol. The van der Waals surface area contributed by atoms with E-state index in [1.54, 1.807) is 0 Å². The first kappa shape index (κ1) is 9.71. The number of nitrogens with one attached hydrogen (secondary N) is 1. The lowest BCUT2D eigenvalue weighted by atomic mass is 10.1. The van der Waals surface area contributed by atoms with Crippen LogP contribution < -0.4 is 5.48 Å². The summed E-state index contributed by atoms with van der Waals surface area (Å²) < 4.78 is 1.04. The normalized spacial score (nSPS) is 12.9. The molecule has 1 aromatic carbocycles. The molecule has 0 bridgehead atoms. The quantitative estimate of drug-likeness (QED) is 0.782. The van der Waals surface area contributed by atoms with E-state index in [1.807, 2.05) is 31.2 Å². The minimum Gasteiger partial charge on any atom is -0.316 e. The van der Waals surface area contributed by atoms with E-state index in [0.29, 0.717) is 0 Å². The molecule has 0 radical (unpaired) electrons. The minimum atomic E-state index is 0.0301. The van der Waals surface area contributed by atoms with Gasteiger partial charge >= 0.3 is 0 Å². The van der Waals surface area contributed by atoms with Crippen molar-refractivity contribution in [3.05, 3.63) is 34.3 Å². The zero-order valence-electron chi connectivity index (χ0n) is 6.92. The van der Waals surface area contributed by atoms with E-state index in [1.165, 1.54) is 0 Å². The van der Waals surface area contributed by atoms with Crippen LogP contribution in [-0.4, -0.2) is 5.21 Å². The summed E-state index contributed by atoms with van der Waals surface area (Å²) in [5.74, 6) is 0. The van der Waals surface area contributed by atoms with Crippen molar-refractivity contribution in [1.82, 2.24) is 5.48 Å². The molecule has 1 aromatic rings. The summed E-state index contributed by atoms with van der Waals surface area (Å²) >= 11 is 3.38. The Labute approximate surface area is 80.7 Å². The maximum Gasteiger partial charge on any atom is 0.0566 e. The number of hydroxylamine groups is 1. The Bertz CT molecular complexity index is 248. The topological polar surface area (TPSA) is 32.3 Å². The van der Waals surface area contributed by atoms with Crippen LogP contribution in [0.3, 0.4) is 0 Å². The summed E-state index contributed by atoms with van der Waals surface area (Å²) in [6.45, 7) is 2.02. The van der Waals surface area contributed by atoms with Gasteiger partial charge in [0.05, 0.1) is 6.04 Å². The van der Waals surface area contributed by atoms with E-state index in [-0.39, 0.29) is 6.04 Å². The average Bonchev–Trinajstić information content (AvgIpc) is 2.07. The first-order valence-corrected chi connectivity index (χ1v) is 4.72. The second kappa shape index (κ2) is 4.60. The van der Waals surface area contributed by atoms with Crippen LogP contribution in [0.25, 0.3) is 0 Å². The molecule has 2 nitrogen and oxygen atoms in total. The largest absolute Gasteiger partial charge is 0.316 e. The van der Waals surface area contributed by atoms with Gasteiger partial charge in [0.15, 0.2) is 0 Å². The minimum absolute atomic E-state index is 0.0301. The van der Waals surface area contributed by atoms with E-state index in [2.05, 4.69) is 21.4 Å². The van der Waals surface area contributed by atoms with Crippen molar-refractivity contribution in [3.63, 3.8) is 0 Å². The predicted octanol–water partition coefficient (Wildman–Crippen LogP) is 2.88. The molecule has 0 saturated carbocycles. The fourth-order valence-corrected chi connectivity index (χ4v) is 1.54. The number of benzene rings is 1. The Hall–Kier alpha value is -0.380. The Morgan fingerprint density at radius 1 is 1.58 bits per heavy atom. The number of halogens is 1. The Morgan fingerprint density at radius 3 is 2.83 bits per heavy atom. The molecule has 0 aliphatic heterocycles. The van der Waals surface area contributed by atoms with E-state index >= 15 is 0 Å². The van der Waals surface area contributed by atoms with Gasteiger partial charge in [-0.1, -0.05) is 35.0 Å². The van der Waals surface area contributed by atoms with Crippen LogP contribution in [0.4, 0.5) is 0 Å². The van der Waals surface area contributed by atoms with Gasteiger partial charge in [-0.15, -0.1) is 0 Å². The molecule has 0 spiro atoms. The molecule has 12 heavy (non-hydrogen) atoms. The Kier molecular flexibility index (Phi) is 3.72. The maximum atomic E-state index is 8.81. The molecule has 0 aliphatic carbocycles. The third-order valence-corrected chi connectivity index (χ3v) is 2.31. The van der Waals surface area contributed by atoms with Crippen LogP contribution >= 0.6 is 15.9 Å². The second-order valence-corrected chi connectivity index (χ2v) is 3.56. The lowest BCUT2D eigenvalue weighted by Gasteiger charge is -2.12. The van der Waals surface area contributed by atoms with Gasteiger partial charge in [0.25, 0.3) is 0 Å². The lowest BCUT2D eigenvalue weighted by Crippen LogP contribution is -2.15. The first-order chi connectivity index (χ1) is 5.77. The van der Waals surface area contributed by atoms with Crippen LogP contribution in [0.15, 0.2) is 28.7 Å². The summed E-state index contributed by atoms with van der Waals surface area (Å²) in [7, 11) is 0. The third kappa shape index (κ3) is 2.30. The maximum absolute atomic E-state index is 8.81. The van der Waals surface area contributed by atoms with Crippen LogP contribution in [-0.2, 0) is 0 Å². The molecule has 1 atom stereocenters. The first-order valence-electron chi connectivity index (χ1n) is 3.93. The molecule has 66 valence electrons. The van der Waals surface area contributed by atoms with Crippen molar-refractivity contribution >= 4 is 15.9 Å². The van der Waals surface area contributed by atoms with Crippen molar-refractivity contribution in [1.29, 1.82) is 0 Å². The van der Waals surface area contributed by atoms with Crippen LogP contribution in [0.2, 0.25) is 0 Å². The van der Waals surface area contributed by atoms with E-state index in [0.717, 1.165) is 16.5 Å². The van der Waals surface area contributed by atoms with Crippen molar-refractivity contribution in [2.75, 3.05) is 0 Å². The molecule has 0 heterocycles. The van der Waals surface area contributed by atoms with E-state index < -0.39 is 0 Å². The molecule has 0 unspecified atom stereocenters. The molecule has 0 fully saturated rings. The molecule has 0 amide bonds. The fraction of sp³-hybridized carbons (Fsp3) is 0.333. The van der Waals surface area contributed by atoms with E-state index in [9.17, 15) is 0 Å². The zero-order valence-corrected chi connectivity index (χ0v) is 8.51. The number of rotatable bonds is 3. The summed E-state index contributed by atoms with van der Waals surface area (Å²) in [6.07, 6.45) is 0.868. The van der Waals surface area contributed by atoms with Crippen molar-refractivity contribution in [2.24, 2.45) is 0 Å². The molecular formula is C9H12BrNO. The van der Waals surface area contributed by atoms with Crippen molar-refractivity contribution < 1.29 is 5.21 Å². The highest BCUT2D eigenvalue weighted by Crippen LogP contribution is 2.19. The third-order valence-electron chi connectivity index (χ3n) is 1.82. The summed E-state index contributed by atoms with van der Waals surface area (Å²) in [4.78, 5) is 0. The molecule has 0 aromatic heterocycles. The lowest BCUT2D eigenvalue weighted by molar-refractivity contribution is 0.124. The molecule has 2 N–H and O–H groups in total. The van der Waals surface area contributed by atoms with Crippen LogP contribution in [0.1, 0.15) is 24.9 Å². The molecule has 0 aliphatic rings. The number of hydrogen-bond acceptors (Lipinski definition) is 2.